The van der Waals surface area contributed by atoms with Gasteiger partial charge in [-0.2, -0.15) is 0 Å². The van der Waals surface area contributed by atoms with Crippen molar-refractivity contribution in [3.63, 3.8) is 0 Å². The molecule has 56 valence electrons. The van der Waals surface area contributed by atoms with Crippen LogP contribution in [0.25, 0.3) is 0 Å². The lowest BCUT2D eigenvalue weighted by Gasteiger charge is -2.17. The molecule has 0 saturated heterocycles. The van der Waals surface area contributed by atoms with Crippen LogP contribution in [0.4, 0.5) is 8.78 Å². The van der Waals surface area contributed by atoms with Gasteiger partial charge in [0.1, 0.15) is 0 Å². The number of nitrogens with one attached hydrogen (secondary N) is 1. The van der Waals surface area contributed by atoms with Gasteiger partial charge in [-0.25, -0.2) is 8.78 Å². The first-order valence-corrected chi connectivity index (χ1v) is 2.84. The van der Waals surface area contributed by atoms with E-state index in [1.165, 1.54) is 0 Å². The Morgan fingerprint density at radius 3 is 1.78 bits per heavy atom. The van der Waals surface area contributed by atoms with E-state index in [-0.39, 0.29) is 5.92 Å². The van der Waals surface area contributed by atoms with Gasteiger partial charge in [0, 0.05) is 0 Å². The van der Waals surface area contributed by atoms with E-state index in [4.69, 9.17) is 5.84 Å². The highest BCUT2D eigenvalue weighted by Gasteiger charge is 2.21. The van der Waals surface area contributed by atoms with Gasteiger partial charge in [-0.3, -0.25) is 11.3 Å². The van der Waals surface area contributed by atoms with Crippen LogP contribution in [-0.4, -0.2) is 12.5 Å². The summed E-state index contributed by atoms with van der Waals surface area (Å²) >= 11 is 0. The summed E-state index contributed by atoms with van der Waals surface area (Å²) in [5.41, 5.74) is 2.05. The van der Waals surface area contributed by atoms with Crippen molar-refractivity contribution in [3.05, 3.63) is 0 Å². The molecule has 0 saturated carbocycles. The van der Waals surface area contributed by atoms with Crippen molar-refractivity contribution >= 4 is 0 Å². The Morgan fingerprint density at radius 1 is 1.33 bits per heavy atom. The zero-order valence-corrected chi connectivity index (χ0v) is 5.57. The van der Waals surface area contributed by atoms with Gasteiger partial charge in [-0.15, -0.1) is 0 Å². The van der Waals surface area contributed by atoms with Crippen molar-refractivity contribution in [2.45, 2.75) is 26.3 Å². The van der Waals surface area contributed by atoms with E-state index in [1.807, 2.05) is 0 Å². The third kappa shape index (κ3) is 2.72. The maximum Gasteiger partial charge on any atom is 0.255 e. The zero-order chi connectivity index (χ0) is 7.44. The molecule has 4 heteroatoms. The summed E-state index contributed by atoms with van der Waals surface area (Å²) in [4.78, 5) is 0. The first-order valence-electron chi connectivity index (χ1n) is 2.84. The Kier molecular flexibility index (Phi) is 3.65. The van der Waals surface area contributed by atoms with Crippen molar-refractivity contribution in [2.75, 3.05) is 0 Å². The minimum Gasteiger partial charge on any atom is -0.271 e. The van der Waals surface area contributed by atoms with E-state index in [1.54, 1.807) is 13.8 Å². The minimum atomic E-state index is -2.38. The van der Waals surface area contributed by atoms with Gasteiger partial charge >= 0.3 is 0 Å². The molecule has 0 radical (unpaired) electrons. The van der Waals surface area contributed by atoms with Crippen LogP contribution in [0, 0.1) is 5.92 Å². The Morgan fingerprint density at radius 2 is 1.78 bits per heavy atom. The Bertz CT molecular complexity index is 67.4. The fraction of sp³-hybridized carbons (Fsp3) is 1.00. The third-order valence-electron chi connectivity index (χ3n) is 1.18. The van der Waals surface area contributed by atoms with Gasteiger partial charge in [-0.05, 0) is 5.92 Å². The molecule has 0 bridgehead atoms. The standard InChI is InChI=1S/C5H12F2N2/c1-3(2)4(9-8)5(6)7/h3-5,9H,8H2,1-2H3. The van der Waals surface area contributed by atoms with Gasteiger partial charge in [0.25, 0.3) is 6.43 Å². The summed E-state index contributed by atoms with van der Waals surface area (Å²) in [6, 6.07) is -0.884. The lowest BCUT2D eigenvalue weighted by atomic mass is 10.1. The first kappa shape index (κ1) is 8.78. The molecule has 0 spiro atoms. The largest absolute Gasteiger partial charge is 0.271 e. The highest BCUT2D eigenvalue weighted by atomic mass is 19.3. The Balaban J connectivity index is 3.68. The number of alkyl halides is 2. The van der Waals surface area contributed by atoms with Gasteiger partial charge in [0.15, 0.2) is 0 Å². The van der Waals surface area contributed by atoms with Crippen molar-refractivity contribution in [1.29, 1.82) is 0 Å². The molecule has 0 aliphatic rings. The monoisotopic (exact) mass is 138 g/mol. The van der Waals surface area contributed by atoms with Crippen LogP contribution in [-0.2, 0) is 0 Å². The summed E-state index contributed by atoms with van der Waals surface area (Å²) in [7, 11) is 0. The molecule has 2 nitrogen and oxygen atoms in total. The molecule has 0 aromatic rings. The van der Waals surface area contributed by atoms with Crippen LogP contribution >= 0.6 is 0 Å². The maximum absolute atomic E-state index is 11.8. The van der Waals surface area contributed by atoms with Crippen LogP contribution in [0.1, 0.15) is 13.8 Å². The second-order valence-electron chi connectivity index (χ2n) is 2.27. The molecule has 0 aliphatic carbocycles. The SMILES string of the molecule is CC(C)C(NN)C(F)F. The number of hydrogen-bond acceptors (Lipinski definition) is 2. The molecule has 0 rings (SSSR count). The third-order valence-corrected chi connectivity index (χ3v) is 1.18. The molecular formula is C5H12F2N2. The number of nitrogens with two attached hydrogens (primary N) is 1. The molecule has 0 aliphatic heterocycles. The van der Waals surface area contributed by atoms with Gasteiger partial charge in [0.2, 0.25) is 0 Å². The van der Waals surface area contributed by atoms with E-state index in [0.29, 0.717) is 0 Å². The number of halogens is 2. The van der Waals surface area contributed by atoms with Crippen LogP contribution < -0.4 is 11.3 Å². The minimum absolute atomic E-state index is 0.130. The summed E-state index contributed by atoms with van der Waals surface area (Å²) in [5.74, 6) is 4.72. The second kappa shape index (κ2) is 3.74. The Labute approximate surface area is 53.4 Å². The molecule has 0 fully saturated rings. The molecule has 9 heavy (non-hydrogen) atoms. The summed E-state index contributed by atoms with van der Waals surface area (Å²) in [6.07, 6.45) is -2.38. The summed E-state index contributed by atoms with van der Waals surface area (Å²) < 4.78 is 23.6. The number of hydrazine groups is 1. The van der Waals surface area contributed by atoms with Crippen LogP contribution in [0.5, 0.6) is 0 Å². The van der Waals surface area contributed by atoms with Crippen LogP contribution in [0.2, 0.25) is 0 Å². The average Bonchev–Trinajstić information content (AvgIpc) is 1.64. The zero-order valence-electron chi connectivity index (χ0n) is 5.57. The van der Waals surface area contributed by atoms with Gasteiger partial charge in [0.05, 0.1) is 6.04 Å². The quantitative estimate of drug-likeness (QED) is 0.446. The Hall–Kier alpha value is -0.220. The summed E-state index contributed by atoms with van der Waals surface area (Å²) in [6.45, 7) is 3.38. The molecule has 0 aromatic carbocycles. The van der Waals surface area contributed by atoms with E-state index < -0.39 is 12.5 Å². The predicted molar refractivity (Wildman–Crippen MR) is 32.0 cm³/mol. The van der Waals surface area contributed by atoms with Crippen molar-refractivity contribution < 1.29 is 8.78 Å². The molecule has 1 unspecified atom stereocenters. The molecule has 1 atom stereocenters. The van der Waals surface area contributed by atoms with Crippen molar-refractivity contribution in [2.24, 2.45) is 11.8 Å². The fourth-order valence-electron chi connectivity index (χ4n) is 0.556. The van der Waals surface area contributed by atoms with Gasteiger partial charge in [-0.1, -0.05) is 13.8 Å². The molecule has 0 heterocycles. The molecular weight excluding hydrogens is 126 g/mol. The second-order valence-corrected chi connectivity index (χ2v) is 2.27. The van der Waals surface area contributed by atoms with E-state index >= 15 is 0 Å². The lowest BCUT2D eigenvalue weighted by Crippen LogP contribution is -2.44. The van der Waals surface area contributed by atoms with Gasteiger partial charge < -0.3 is 0 Å². The van der Waals surface area contributed by atoms with E-state index in [0.717, 1.165) is 0 Å². The molecule has 0 amide bonds. The highest BCUT2D eigenvalue weighted by Crippen LogP contribution is 2.08. The molecule has 3 N–H and O–H groups in total. The maximum atomic E-state index is 11.8. The smallest absolute Gasteiger partial charge is 0.255 e. The lowest BCUT2D eigenvalue weighted by molar-refractivity contribution is 0.0770. The average molecular weight is 138 g/mol. The van der Waals surface area contributed by atoms with Crippen molar-refractivity contribution in [3.8, 4) is 0 Å². The normalized spacial score (nSPS) is 15.0. The number of hydrogen-bond donors (Lipinski definition) is 2. The first-order chi connectivity index (χ1) is 4.09. The van der Waals surface area contributed by atoms with Crippen molar-refractivity contribution in [1.82, 2.24) is 5.43 Å². The van der Waals surface area contributed by atoms with Crippen LogP contribution in [0.3, 0.4) is 0 Å². The highest BCUT2D eigenvalue weighted by molar-refractivity contribution is 4.68. The fourth-order valence-corrected chi connectivity index (χ4v) is 0.556. The molecule has 0 aromatic heterocycles. The number of rotatable bonds is 3. The van der Waals surface area contributed by atoms with E-state index in [2.05, 4.69) is 5.43 Å². The summed E-state index contributed by atoms with van der Waals surface area (Å²) in [5, 5.41) is 0. The topological polar surface area (TPSA) is 38.0 Å². The predicted octanol–water partition coefficient (Wildman–Crippen LogP) is 0.739. The van der Waals surface area contributed by atoms with E-state index in [9.17, 15) is 8.78 Å². The van der Waals surface area contributed by atoms with Crippen LogP contribution in [0.15, 0.2) is 0 Å².